The molecule has 0 saturated heterocycles. The Morgan fingerprint density at radius 3 is 2.65 bits per heavy atom. The van der Waals surface area contributed by atoms with Crippen LogP contribution in [0.5, 0.6) is 0 Å². The van der Waals surface area contributed by atoms with Crippen molar-refractivity contribution in [2.24, 2.45) is 5.73 Å². The van der Waals surface area contributed by atoms with Gasteiger partial charge in [-0.25, -0.2) is 0 Å². The molecule has 1 unspecified atom stereocenters. The average Bonchev–Trinajstić information content (AvgIpc) is 3.07. The average molecular weight is 234 g/mol. The summed E-state index contributed by atoms with van der Waals surface area (Å²) >= 11 is 0. The van der Waals surface area contributed by atoms with Crippen LogP contribution in [0.2, 0.25) is 0 Å². The number of hydrogen-bond acceptors (Lipinski definition) is 3. The molecule has 1 aromatic rings. The Bertz CT molecular complexity index is 388. The Morgan fingerprint density at radius 1 is 1.41 bits per heavy atom. The summed E-state index contributed by atoms with van der Waals surface area (Å²) in [6.07, 6.45) is 1.46. The summed E-state index contributed by atoms with van der Waals surface area (Å²) in [5.41, 5.74) is 6.13. The molecule has 4 nitrogen and oxygen atoms in total. The van der Waals surface area contributed by atoms with Gasteiger partial charge in [0.1, 0.15) is 0 Å². The van der Waals surface area contributed by atoms with Crippen LogP contribution in [0.25, 0.3) is 0 Å². The third kappa shape index (κ3) is 3.28. The minimum absolute atomic E-state index is 0.149. The van der Waals surface area contributed by atoms with Gasteiger partial charge in [0.2, 0.25) is 5.91 Å². The third-order valence-electron chi connectivity index (χ3n) is 3.05. The van der Waals surface area contributed by atoms with Gasteiger partial charge in [-0.15, -0.1) is 0 Å². The minimum atomic E-state index is -0.660. The highest BCUT2D eigenvalue weighted by Crippen LogP contribution is 2.31. The van der Waals surface area contributed by atoms with Gasteiger partial charge in [-0.1, -0.05) is 30.3 Å². The molecule has 1 atom stereocenters. The van der Waals surface area contributed by atoms with E-state index in [4.69, 9.17) is 5.73 Å². The van der Waals surface area contributed by atoms with Gasteiger partial charge in [0, 0.05) is 13.0 Å². The van der Waals surface area contributed by atoms with Crippen LogP contribution in [0.3, 0.4) is 0 Å². The lowest BCUT2D eigenvalue weighted by molar-refractivity contribution is -0.123. The maximum Gasteiger partial charge on any atom is 0.240 e. The molecule has 4 heteroatoms. The summed E-state index contributed by atoms with van der Waals surface area (Å²) in [5.74, 6) is -0.149. The number of carbonyl (C=O) groups excluding carboxylic acids is 1. The number of amides is 1. The maximum absolute atomic E-state index is 11.5. The van der Waals surface area contributed by atoms with E-state index in [0.717, 1.165) is 18.4 Å². The lowest BCUT2D eigenvalue weighted by atomic mass is 10.1. The smallest absolute Gasteiger partial charge is 0.240 e. The summed E-state index contributed by atoms with van der Waals surface area (Å²) in [6.45, 7) is 0.257. The molecule has 1 amide bonds. The van der Waals surface area contributed by atoms with E-state index in [1.807, 2.05) is 30.3 Å². The van der Waals surface area contributed by atoms with Gasteiger partial charge in [0.25, 0.3) is 0 Å². The number of benzene rings is 1. The number of carbonyl (C=O) groups is 1. The largest absolute Gasteiger partial charge is 0.391 e. The van der Waals surface area contributed by atoms with Crippen LogP contribution in [0.4, 0.5) is 0 Å². The van der Waals surface area contributed by atoms with Gasteiger partial charge in [-0.3, -0.25) is 4.79 Å². The second-order valence-corrected chi connectivity index (χ2v) is 4.71. The first kappa shape index (κ1) is 12.1. The second-order valence-electron chi connectivity index (χ2n) is 4.71. The molecule has 1 fully saturated rings. The third-order valence-corrected chi connectivity index (χ3v) is 3.05. The highest BCUT2D eigenvalue weighted by atomic mass is 16.3. The van der Waals surface area contributed by atoms with Crippen molar-refractivity contribution in [1.82, 2.24) is 5.32 Å². The molecule has 17 heavy (non-hydrogen) atoms. The Morgan fingerprint density at radius 2 is 2.06 bits per heavy atom. The fourth-order valence-corrected chi connectivity index (χ4v) is 1.71. The van der Waals surface area contributed by atoms with Crippen LogP contribution >= 0.6 is 0 Å². The number of rotatable bonds is 5. The summed E-state index contributed by atoms with van der Waals surface area (Å²) in [6, 6.07) is 9.70. The Labute approximate surface area is 101 Å². The van der Waals surface area contributed by atoms with Crippen LogP contribution in [-0.2, 0) is 11.2 Å². The zero-order valence-corrected chi connectivity index (χ0v) is 9.73. The fourth-order valence-electron chi connectivity index (χ4n) is 1.71. The zero-order valence-electron chi connectivity index (χ0n) is 9.73. The van der Waals surface area contributed by atoms with Crippen molar-refractivity contribution in [2.45, 2.75) is 30.9 Å². The van der Waals surface area contributed by atoms with E-state index in [2.05, 4.69) is 5.32 Å². The Hall–Kier alpha value is -1.39. The summed E-state index contributed by atoms with van der Waals surface area (Å²) < 4.78 is 0. The SMILES string of the molecule is NC1(C(=O)NCC(O)Cc2ccccc2)CC1. The standard InChI is InChI=1S/C13H18N2O2/c14-13(6-7-13)12(17)15-9-11(16)8-10-4-2-1-3-5-10/h1-5,11,16H,6-9,14H2,(H,15,17). The van der Waals surface area contributed by atoms with Crippen molar-refractivity contribution in [1.29, 1.82) is 0 Å². The highest BCUT2D eigenvalue weighted by Gasteiger charge is 2.45. The molecule has 4 N–H and O–H groups in total. The van der Waals surface area contributed by atoms with Gasteiger partial charge in [-0.05, 0) is 18.4 Å². The van der Waals surface area contributed by atoms with Gasteiger partial charge in [0.05, 0.1) is 11.6 Å². The molecule has 1 saturated carbocycles. The molecule has 1 aliphatic carbocycles. The van der Waals surface area contributed by atoms with Gasteiger partial charge < -0.3 is 16.2 Å². The molecule has 0 aromatic heterocycles. The van der Waals surface area contributed by atoms with Gasteiger partial charge in [0.15, 0.2) is 0 Å². The first-order valence-electron chi connectivity index (χ1n) is 5.89. The number of aliphatic hydroxyl groups excluding tert-OH is 1. The highest BCUT2D eigenvalue weighted by molar-refractivity contribution is 5.88. The first-order valence-corrected chi connectivity index (χ1v) is 5.89. The minimum Gasteiger partial charge on any atom is -0.391 e. The summed E-state index contributed by atoms with van der Waals surface area (Å²) in [4.78, 5) is 11.5. The molecule has 1 aromatic carbocycles. The van der Waals surface area contributed by atoms with E-state index in [1.165, 1.54) is 0 Å². The number of nitrogens with two attached hydrogens (primary N) is 1. The molecule has 92 valence electrons. The van der Waals surface area contributed by atoms with Crippen molar-refractivity contribution in [2.75, 3.05) is 6.54 Å². The number of aliphatic hydroxyl groups is 1. The zero-order chi connectivity index (χ0) is 12.3. The van der Waals surface area contributed by atoms with Gasteiger partial charge >= 0.3 is 0 Å². The van der Waals surface area contributed by atoms with Crippen molar-refractivity contribution in [3.8, 4) is 0 Å². The van der Waals surface area contributed by atoms with E-state index in [-0.39, 0.29) is 12.5 Å². The van der Waals surface area contributed by atoms with E-state index in [9.17, 15) is 9.90 Å². The summed E-state index contributed by atoms with van der Waals surface area (Å²) in [7, 11) is 0. The number of nitrogens with one attached hydrogen (secondary N) is 1. The predicted octanol–water partition coefficient (Wildman–Crippen LogP) is 0.198. The van der Waals surface area contributed by atoms with Crippen LogP contribution in [0, 0.1) is 0 Å². The summed E-state index contributed by atoms with van der Waals surface area (Å²) in [5, 5.41) is 12.5. The molecule has 2 rings (SSSR count). The van der Waals surface area contributed by atoms with Crippen molar-refractivity contribution < 1.29 is 9.90 Å². The van der Waals surface area contributed by atoms with Crippen molar-refractivity contribution in [3.05, 3.63) is 35.9 Å². The first-order chi connectivity index (χ1) is 8.10. The molecular formula is C13H18N2O2. The van der Waals surface area contributed by atoms with Crippen LogP contribution in [-0.4, -0.2) is 29.2 Å². The monoisotopic (exact) mass is 234 g/mol. The quantitative estimate of drug-likeness (QED) is 0.681. The lowest BCUT2D eigenvalue weighted by Crippen LogP contribution is -2.45. The van der Waals surface area contributed by atoms with Crippen molar-refractivity contribution >= 4 is 5.91 Å². The normalized spacial score (nSPS) is 18.5. The van der Waals surface area contributed by atoms with Crippen LogP contribution in [0.1, 0.15) is 18.4 Å². The molecule has 0 aliphatic heterocycles. The molecular weight excluding hydrogens is 216 g/mol. The van der Waals surface area contributed by atoms with Gasteiger partial charge in [-0.2, -0.15) is 0 Å². The van der Waals surface area contributed by atoms with Crippen molar-refractivity contribution in [3.63, 3.8) is 0 Å². The van der Waals surface area contributed by atoms with Crippen LogP contribution in [0.15, 0.2) is 30.3 Å². The molecule has 0 bridgehead atoms. The second kappa shape index (κ2) is 4.85. The Balaban J connectivity index is 1.74. The maximum atomic E-state index is 11.5. The van der Waals surface area contributed by atoms with Crippen LogP contribution < -0.4 is 11.1 Å². The van der Waals surface area contributed by atoms with E-state index >= 15 is 0 Å². The van der Waals surface area contributed by atoms with E-state index in [1.54, 1.807) is 0 Å². The lowest BCUT2D eigenvalue weighted by Gasteiger charge is -2.14. The molecule has 0 spiro atoms. The molecule has 0 heterocycles. The molecule has 0 radical (unpaired) electrons. The molecule has 1 aliphatic rings. The fraction of sp³-hybridized carbons (Fsp3) is 0.462. The predicted molar refractivity (Wildman–Crippen MR) is 65.3 cm³/mol. The van der Waals surface area contributed by atoms with E-state index in [0.29, 0.717) is 6.42 Å². The Kier molecular flexibility index (Phi) is 3.45. The van der Waals surface area contributed by atoms with E-state index < -0.39 is 11.6 Å². The number of hydrogen-bond donors (Lipinski definition) is 3. The topological polar surface area (TPSA) is 75.4 Å².